The Morgan fingerprint density at radius 1 is 1.53 bits per heavy atom. The van der Waals surface area contributed by atoms with E-state index in [1.165, 1.54) is 32.1 Å². The summed E-state index contributed by atoms with van der Waals surface area (Å²) in [6, 6.07) is 0. The molecule has 3 nitrogen and oxygen atoms in total. The Morgan fingerprint density at radius 2 is 2.41 bits per heavy atom. The van der Waals surface area contributed by atoms with Crippen molar-refractivity contribution in [3.63, 3.8) is 0 Å². The van der Waals surface area contributed by atoms with Crippen LogP contribution < -0.4 is 5.73 Å². The van der Waals surface area contributed by atoms with E-state index >= 15 is 0 Å². The molecule has 4 heteroatoms. The molecule has 1 heterocycles. The van der Waals surface area contributed by atoms with Crippen LogP contribution in [0.15, 0.2) is 5.38 Å². The molecule has 0 aliphatic heterocycles. The highest BCUT2D eigenvalue weighted by Crippen LogP contribution is 2.28. The predicted octanol–water partition coefficient (Wildman–Crippen LogP) is 3.09. The van der Waals surface area contributed by atoms with Crippen LogP contribution in [0.5, 0.6) is 0 Å². The summed E-state index contributed by atoms with van der Waals surface area (Å²) in [5.41, 5.74) is 6.58. The highest BCUT2D eigenvalue weighted by molar-refractivity contribution is 7.09. The number of ether oxygens (including phenoxy) is 1. The minimum atomic E-state index is 0.441. The van der Waals surface area contributed by atoms with Gasteiger partial charge in [-0.3, -0.25) is 0 Å². The summed E-state index contributed by atoms with van der Waals surface area (Å²) in [5.74, 6) is 0.865. The number of nitrogens with zero attached hydrogens (tertiary/aromatic N) is 1. The summed E-state index contributed by atoms with van der Waals surface area (Å²) in [6.07, 6.45) is 6.86. The van der Waals surface area contributed by atoms with Crippen LogP contribution in [0.1, 0.15) is 49.7 Å². The van der Waals surface area contributed by atoms with Crippen molar-refractivity contribution in [2.45, 2.75) is 58.3 Å². The van der Waals surface area contributed by atoms with E-state index < -0.39 is 0 Å². The molecule has 17 heavy (non-hydrogen) atoms. The number of aromatic nitrogens is 1. The van der Waals surface area contributed by atoms with E-state index in [2.05, 4.69) is 17.3 Å². The Kier molecular flexibility index (Phi) is 4.95. The maximum absolute atomic E-state index is 5.96. The Bertz CT molecular complexity index is 340. The molecule has 1 aliphatic carbocycles. The van der Waals surface area contributed by atoms with E-state index in [4.69, 9.17) is 10.5 Å². The average Bonchev–Trinajstić information content (AvgIpc) is 2.84. The molecule has 0 amide bonds. The number of nitrogens with two attached hydrogens (primary N) is 1. The summed E-state index contributed by atoms with van der Waals surface area (Å²) in [7, 11) is 0. The topological polar surface area (TPSA) is 48.1 Å². The van der Waals surface area contributed by atoms with Gasteiger partial charge in [0.05, 0.1) is 18.4 Å². The lowest BCUT2D eigenvalue weighted by atomic mass is 9.85. The van der Waals surface area contributed by atoms with Gasteiger partial charge in [0.1, 0.15) is 5.01 Å². The minimum absolute atomic E-state index is 0.441. The quantitative estimate of drug-likeness (QED) is 0.878. The molecule has 1 aliphatic rings. The van der Waals surface area contributed by atoms with Gasteiger partial charge in [-0.25, -0.2) is 4.98 Å². The summed E-state index contributed by atoms with van der Waals surface area (Å²) < 4.78 is 5.96. The molecule has 1 aromatic heterocycles. The standard InChI is InChI=1S/C13H22N2OS/c1-2-10-4-3-5-12(6-10)16-8-11-9-17-13(7-14)15-11/h9-10,12H,2-8,14H2,1H3. The Balaban J connectivity index is 1.77. The van der Waals surface area contributed by atoms with Crippen molar-refractivity contribution in [3.05, 3.63) is 16.1 Å². The minimum Gasteiger partial charge on any atom is -0.372 e. The lowest BCUT2D eigenvalue weighted by Gasteiger charge is -2.28. The molecule has 2 atom stereocenters. The van der Waals surface area contributed by atoms with Gasteiger partial charge in [0.25, 0.3) is 0 Å². The first-order valence-corrected chi connectivity index (χ1v) is 7.44. The van der Waals surface area contributed by atoms with Gasteiger partial charge < -0.3 is 10.5 Å². The third-order valence-electron chi connectivity index (χ3n) is 3.55. The van der Waals surface area contributed by atoms with Crippen LogP contribution in [0, 0.1) is 5.92 Å². The second-order valence-electron chi connectivity index (χ2n) is 4.81. The average molecular weight is 254 g/mol. The van der Waals surface area contributed by atoms with Gasteiger partial charge in [0.15, 0.2) is 0 Å². The molecule has 2 unspecified atom stereocenters. The zero-order valence-corrected chi connectivity index (χ0v) is 11.3. The molecule has 0 radical (unpaired) electrons. The molecule has 0 bridgehead atoms. The zero-order chi connectivity index (χ0) is 12.1. The van der Waals surface area contributed by atoms with Crippen molar-refractivity contribution < 1.29 is 4.74 Å². The van der Waals surface area contributed by atoms with E-state index in [1.54, 1.807) is 11.3 Å². The van der Waals surface area contributed by atoms with Crippen molar-refractivity contribution >= 4 is 11.3 Å². The fraction of sp³-hybridized carbons (Fsp3) is 0.769. The number of hydrogen-bond acceptors (Lipinski definition) is 4. The van der Waals surface area contributed by atoms with E-state index in [9.17, 15) is 0 Å². The first-order chi connectivity index (χ1) is 8.31. The van der Waals surface area contributed by atoms with E-state index in [0.29, 0.717) is 19.3 Å². The van der Waals surface area contributed by atoms with Crippen LogP contribution in [-0.2, 0) is 17.9 Å². The third-order valence-corrected chi connectivity index (χ3v) is 4.47. The SMILES string of the molecule is CCC1CCCC(OCc2csc(CN)n2)C1. The first kappa shape index (κ1) is 13.0. The lowest BCUT2D eigenvalue weighted by Crippen LogP contribution is -2.22. The number of hydrogen-bond donors (Lipinski definition) is 1. The largest absolute Gasteiger partial charge is 0.372 e. The van der Waals surface area contributed by atoms with Gasteiger partial charge in [0.2, 0.25) is 0 Å². The Hall–Kier alpha value is -0.450. The van der Waals surface area contributed by atoms with Gasteiger partial charge in [-0.15, -0.1) is 11.3 Å². The maximum Gasteiger partial charge on any atom is 0.107 e. The monoisotopic (exact) mass is 254 g/mol. The zero-order valence-electron chi connectivity index (χ0n) is 10.5. The van der Waals surface area contributed by atoms with Crippen LogP contribution in [0.4, 0.5) is 0 Å². The molecule has 0 aromatic carbocycles. The molecular formula is C13H22N2OS. The molecule has 1 fully saturated rings. The van der Waals surface area contributed by atoms with Crippen molar-refractivity contribution in [3.8, 4) is 0 Å². The molecule has 0 saturated heterocycles. The Labute approximate surface area is 107 Å². The Morgan fingerprint density at radius 3 is 3.12 bits per heavy atom. The summed E-state index contributed by atoms with van der Waals surface area (Å²) in [6.45, 7) is 3.46. The van der Waals surface area contributed by atoms with Crippen LogP contribution in [0.3, 0.4) is 0 Å². The maximum atomic E-state index is 5.96. The van der Waals surface area contributed by atoms with Crippen molar-refractivity contribution in [2.24, 2.45) is 11.7 Å². The van der Waals surface area contributed by atoms with Crippen molar-refractivity contribution in [1.82, 2.24) is 4.98 Å². The third kappa shape index (κ3) is 3.76. The number of thiazole rings is 1. The molecule has 0 spiro atoms. The second kappa shape index (κ2) is 6.47. The molecule has 1 aromatic rings. The molecule has 2 N–H and O–H groups in total. The lowest BCUT2D eigenvalue weighted by molar-refractivity contribution is 0.000504. The fourth-order valence-electron chi connectivity index (χ4n) is 2.48. The van der Waals surface area contributed by atoms with Gasteiger partial charge in [0, 0.05) is 11.9 Å². The fourth-order valence-corrected chi connectivity index (χ4v) is 3.14. The summed E-state index contributed by atoms with van der Waals surface area (Å²) in [5, 5.41) is 3.06. The number of rotatable bonds is 5. The molecule has 1 saturated carbocycles. The van der Waals surface area contributed by atoms with Crippen LogP contribution >= 0.6 is 11.3 Å². The van der Waals surface area contributed by atoms with Crippen LogP contribution in [0.25, 0.3) is 0 Å². The molecule has 2 rings (SSSR count). The van der Waals surface area contributed by atoms with Gasteiger partial charge in [-0.1, -0.05) is 26.2 Å². The highest BCUT2D eigenvalue weighted by Gasteiger charge is 2.21. The normalized spacial score (nSPS) is 25.1. The van der Waals surface area contributed by atoms with E-state index in [-0.39, 0.29) is 0 Å². The smallest absolute Gasteiger partial charge is 0.107 e. The van der Waals surface area contributed by atoms with Crippen LogP contribution in [-0.4, -0.2) is 11.1 Å². The molecule has 96 valence electrons. The first-order valence-electron chi connectivity index (χ1n) is 6.56. The van der Waals surface area contributed by atoms with Crippen molar-refractivity contribution in [1.29, 1.82) is 0 Å². The van der Waals surface area contributed by atoms with Crippen molar-refractivity contribution in [2.75, 3.05) is 0 Å². The van der Waals surface area contributed by atoms with Gasteiger partial charge in [-0.2, -0.15) is 0 Å². The van der Waals surface area contributed by atoms with Gasteiger partial charge >= 0.3 is 0 Å². The van der Waals surface area contributed by atoms with E-state index in [1.807, 2.05) is 0 Å². The second-order valence-corrected chi connectivity index (χ2v) is 5.75. The van der Waals surface area contributed by atoms with Crippen LogP contribution in [0.2, 0.25) is 0 Å². The van der Waals surface area contributed by atoms with Gasteiger partial charge in [-0.05, 0) is 18.8 Å². The summed E-state index contributed by atoms with van der Waals surface area (Å²) >= 11 is 1.63. The highest BCUT2D eigenvalue weighted by atomic mass is 32.1. The molecular weight excluding hydrogens is 232 g/mol. The summed E-state index contributed by atoms with van der Waals surface area (Å²) in [4.78, 5) is 4.42. The van der Waals surface area contributed by atoms with E-state index in [0.717, 1.165) is 16.6 Å². The predicted molar refractivity (Wildman–Crippen MR) is 70.8 cm³/mol.